The van der Waals surface area contributed by atoms with Crippen LogP contribution in [-0.4, -0.2) is 21.0 Å². The fourth-order valence-electron chi connectivity index (χ4n) is 4.35. The summed E-state index contributed by atoms with van der Waals surface area (Å²) in [5, 5.41) is 3.64. The number of hydrogen-bond donors (Lipinski definition) is 2. The maximum absolute atomic E-state index is 12.8. The van der Waals surface area contributed by atoms with Crippen molar-refractivity contribution < 1.29 is 8.42 Å². The third-order valence-corrected chi connectivity index (χ3v) is 7.36. The zero-order chi connectivity index (χ0) is 19.0. The van der Waals surface area contributed by atoms with Gasteiger partial charge in [0, 0.05) is 11.7 Å². The van der Waals surface area contributed by atoms with Crippen molar-refractivity contribution in [2.24, 2.45) is 5.92 Å². The number of piperidine rings is 1. The van der Waals surface area contributed by atoms with Gasteiger partial charge in [-0.05, 0) is 85.0 Å². The van der Waals surface area contributed by atoms with Crippen molar-refractivity contribution in [1.82, 2.24) is 5.32 Å². The van der Waals surface area contributed by atoms with Crippen LogP contribution in [0.2, 0.25) is 0 Å². The van der Waals surface area contributed by atoms with E-state index in [1.165, 1.54) is 24.0 Å². The standard InChI is InChI=1S/C22H28N2O2S/c1-15(2)16-6-9-21(10-7-16)27(25,26)24-20-8-5-17-14-22-18(4-3-11-23-22)12-19(17)13-20/h5-10,13,15,18,22-24H,3-4,11-12,14H2,1-2H3/t18-,22-/m0/s1. The van der Waals surface area contributed by atoms with E-state index in [-0.39, 0.29) is 0 Å². The molecule has 2 aliphatic rings. The van der Waals surface area contributed by atoms with Crippen molar-refractivity contribution in [3.8, 4) is 0 Å². The number of sulfonamides is 1. The van der Waals surface area contributed by atoms with Crippen LogP contribution in [0.15, 0.2) is 47.4 Å². The molecule has 1 saturated heterocycles. The second-order valence-electron chi connectivity index (χ2n) is 8.18. The number of hydrogen-bond acceptors (Lipinski definition) is 3. The average Bonchev–Trinajstić information content (AvgIpc) is 2.66. The van der Waals surface area contributed by atoms with E-state index in [9.17, 15) is 8.42 Å². The molecule has 0 amide bonds. The Balaban J connectivity index is 1.54. The van der Waals surface area contributed by atoms with Crippen molar-refractivity contribution in [3.05, 3.63) is 59.2 Å². The molecular weight excluding hydrogens is 356 g/mol. The summed E-state index contributed by atoms with van der Waals surface area (Å²) in [5.41, 5.74) is 4.42. The van der Waals surface area contributed by atoms with E-state index in [0.717, 1.165) is 24.9 Å². The molecule has 0 radical (unpaired) electrons. The fourth-order valence-corrected chi connectivity index (χ4v) is 5.40. The van der Waals surface area contributed by atoms with E-state index in [1.54, 1.807) is 12.1 Å². The molecule has 0 aromatic heterocycles. The molecule has 5 heteroatoms. The quantitative estimate of drug-likeness (QED) is 0.835. The number of nitrogens with one attached hydrogen (secondary N) is 2. The molecule has 1 aliphatic heterocycles. The Labute approximate surface area is 162 Å². The van der Waals surface area contributed by atoms with E-state index < -0.39 is 10.0 Å². The monoisotopic (exact) mass is 384 g/mol. The molecule has 2 aromatic rings. The Morgan fingerprint density at radius 3 is 2.56 bits per heavy atom. The molecule has 4 nitrogen and oxygen atoms in total. The zero-order valence-corrected chi connectivity index (χ0v) is 16.9. The van der Waals surface area contributed by atoms with E-state index in [2.05, 4.69) is 30.0 Å². The van der Waals surface area contributed by atoms with Gasteiger partial charge < -0.3 is 5.32 Å². The molecule has 0 spiro atoms. The van der Waals surface area contributed by atoms with Crippen LogP contribution in [0, 0.1) is 5.92 Å². The van der Waals surface area contributed by atoms with Gasteiger partial charge in [-0.3, -0.25) is 4.72 Å². The highest BCUT2D eigenvalue weighted by molar-refractivity contribution is 7.92. The first-order valence-electron chi connectivity index (χ1n) is 9.90. The molecule has 2 N–H and O–H groups in total. The summed E-state index contributed by atoms with van der Waals surface area (Å²) in [7, 11) is -3.57. The highest BCUT2D eigenvalue weighted by atomic mass is 32.2. The topological polar surface area (TPSA) is 58.2 Å². The first-order chi connectivity index (χ1) is 12.9. The highest BCUT2D eigenvalue weighted by Crippen LogP contribution is 2.33. The van der Waals surface area contributed by atoms with Crippen molar-refractivity contribution in [3.63, 3.8) is 0 Å². The van der Waals surface area contributed by atoms with E-state index in [4.69, 9.17) is 0 Å². The second kappa shape index (κ2) is 7.28. The lowest BCUT2D eigenvalue weighted by molar-refractivity contribution is 0.263. The van der Waals surface area contributed by atoms with Crippen molar-refractivity contribution in [2.45, 2.75) is 56.4 Å². The fraction of sp³-hybridized carbons (Fsp3) is 0.455. The molecule has 2 atom stereocenters. The van der Waals surface area contributed by atoms with Gasteiger partial charge in [-0.15, -0.1) is 0 Å². The first kappa shape index (κ1) is 18.5. The SMILES string of the molecule is CC(C)c1ccc(S(=O)(=O)Nc2ccc3c(c2)C[C@@H]2CCCN[C@H]2C3)cc1. The molecule has 1 heterocycles. The average molecular weight is 385 g/mol. The normalized spacial score (nSPS) is 22.2. The van der Waals surface area contributed by atoms with Gasteiger partial charge in [-0.25, -0.2) is 8.42 Å². The summed E-state index contributed by atoms with van der Waals surface area (Å²) >= 11 is 0. The Morgan fingerprint density at radius 2 is 1.81 bits per heavy atom. The minimum atomic E-state index is -3.57. The van der Waals surface area contributed by atoms with Gasteiger partial charge in [-0.1, -0.05) is 32.0 Å². The molecular formula is C22H28N2O2S. The van der Waals surface area contributed by atoms with Crippen LogP contribution < -0.4 is 10.0 Å². The van der Waals surface area contributed by atoms with Gasteiger partial charge in [0.1, 0.15) is 0 Å². The van der Waals surface area contributed by atoms with Crippen molar-refractivity contribution in [1.29, 1.82) is 0 Å². The second-order valence-corrected chi connectivity index (χ2v) is 9.87. The Hall–Kier alpha value is -1.85. The number of rotatable bonds is 4. The minimum Gasteiger partial charge on any atom is -0.313 e. The molecule has 2 aromatic carbocycles. The number of fused-ring (bicyclic) bond motifs is 2. The predicted octanol–water partition coefficient (Wildman–Crippen LogP) is 4.08. The molecule has 1 aliphatic carbocycles. The van der Waals surface area contributed by atoms with Crippen LogP contribution >= 0.6 is 0 Å². The van der Waals surface area contributed by atoms with Gasteiger partial charge in [0.25, 0.3) is 10.0 Å². The molecule has 144 valence electrons. The van der Waals surface area contributed by atoms with Gasteiger partial charge in [0.2, 0.25) is 0 Å². The summed E-state index contributed by atoms with van der Waals surface area (Å²) in [5.74, 6) is 1.05. The lowest BCUT2D eigenvalue weighted by atomic mass is 9.76. The van der Waals surface area contributed by atoms with Crippen LogP contribution in [0.3, 0.4) is 0 Å². The molecule has 0 unspecified atom stereocenters. The van der Waals surface area contributed by atoms with Crippen LogP contribution in [-0.2, 0) is 22.9 Å². The smallest absolute Gasteiger partial charge is 0.261 e. The lowest BCUT2D eigenvalue weighted by Crippen LogP contribution is -2.45. The maximum Gasteiger partial charge on any atom is 0.261 e. The molecule has 27 heavy (non-hydrogen) atoms. The van der Waals surface area contributed by atoms with Gasteiger partial charge in [0.05, 0.1) is 4.90 Å². The van der Waals surface area contributed by atoms with E-state index >= 15 is 0 Å². The number of benzene rings is 2. The summed E-state index contributed by atoms with van der Waals surface area (Å²) in [6.07, 6.45) is 4.57. The first-order valence-corrected chi connectivity index (χ1v) is 11.4. The summed E-state index contributed by atoms with van der Waals surface area (Å²) in [6, 6.07) is 13.7. The molecule has 0 saturated carbocycles. The van der Waals surface area contributed by atoms with Gasteiger partial charge >= 0.3 is 0 Å². The Bertz CT molecular complexity index is 920. The van der Waals surface area contributed by atoms with E-state index in [1.807, 2.05) is 24.3 Å². The zero-order valence-electron chi connectivity index (χ0n) is 16.0. The lowest BCUT2D eigenvalue weighted by Gasteiger charge is -2.37. The Morgan fingerprint density at radius 1 is 1.04 bits per heavy atom. The van der Waals surface area contributed by atoms with Crippen LogP contribution in [0.5, 0.6) is 0 Å². The van der Waals surface area contributed by atoms with Gasteiger partial charge in [-0.2, -0.15) is 0 Å². The highest BCUT2D eigenvalue weighted by Gasteiger charge is 2.30. The number of anilines is 1. The predicted molar refractivity (Wildman–Crippen MR) is 110 cm³/mol. The molecule has 4 rings (SSSR count). The third-order valence-electron chi connectivity index (χ3n) is 5.96. The van der Waals surface area contributed by atoms with Crippen molar-refractivity contribution >= 4 is 15.7 Å². The largest absolute Gasteiger partial charge is 0.313 e. The minimum absolute atomic E-state index is 0.307. The van der Waals surface area contributed by atoms with Crippen molar-refractivity contribution in [2.75, 3.05) is 11.3 Å². The summed E-state index contributed by atoms with van der Waals surface area (Å²) < 4.78 is 28.3. The summed E-state index contributed by atoms with van der Waals surface area (Å²) in [4.78, 5) is 0.307. The molecule has 0 bridgehead atoms. The van der Waals surface area contributed by atoms with E-state index in [0.29, 0.717) is 28.5 Å². The van der Waals surface area contributed by atoms with Crippen LogP contribution in [0.1, 0.15) is 49.3 Å². The van der Waals surface area contributed by atoms with Crippen LogP contribution in [0.25, 0.3) is 0 Å². The molecule has 1 fully saturated rings. The third kappa shape index (κ3) is 3.90. The Kier molecular flexibility index (Phi) is 4.99. The van der Waals surface area contributed by atoms with Crippen LogP contribution in [0.4, 0.5) is 5.69 Å². The maximum atomic E-state index is 12.8. The summed E-state index contributed by atoms with van der Waals surface area (Å²) in [6.45, 7) is 5.31. The van der Waals surface area contributed by atoms with Gasteiger partial charge in [0.15, 0.2) is 0 Å².